The molecule has 0 unspecified atom stereocenters. The number of carbonyl (C=O) groups is 2. The van der Waals surface area contributed by atoms with Crippen molar-refractivity contribution in [1.29, 1.82) is 0 Å². The van der Waals surface area contributed by atoms with Crippen molar-refractivity contribution in [3.05, 3.63) is 0 Å². The molecular weight excluding hydrogens is 216 g/mol. The highest BCUT2D eigenvalue weighted by Crippen LogP contribution is 2.23. The molecule has 0 aliphatic heterocycles. The van der Waals surface area contributed by atoms with Gasteiger partial charge in [-0.25, -0.2) is 0 Å². The van der Waals surface area contributed by atoms with Gasteiger partial charge < -0.3 is 10.6 Å². The largest absolute Gasteiger partial charge is 0.348 e. The molecule has 1 saturated carbocycles. The molecule has 1 aliphatic carbocycles. The minimum Gasteiger partial charge on any atom is -0.348 e. The summed E-state index contributed by atoms with van der Waals surface area (Å²) in [6.07, 6.45) is 6.45. The van der Waals surface area contributed by atoms with E-state index < -0.39 is 11.8 Å². The van der Waals surface area contributed by atoms with Gasteiger partial charge in [0.2, 0.25) is 0 Å². The van der Waals surface area contributed by atoms with Crippen molar-refractivity contribution in [1.82, 2.24) is 10.6 Å². The highest BCUT2D eigenvalue weighted by atomic mass is 16.2. The van der Waals surface area contributed by atoms with Gasteiger partial charge in [-0.3, -0.25) is 9.59 Å². The Bertz CT molecular complexity index is 266. The Balaban J connectivity index is 2.29. The molecule has 17 heavy (non-hydrogen) atoms. The van der Waals surface area contributed by atoms with Gasteiger partial charge in [-0.2, -0.15) is 0 Å². The zero-order valence-corrected chi connectivity index (χ0v) is 10.9. The highest BCUT2D eigenvalue weighted by Gasteiger charge is 2.25. The fourth-order valence-electron chi connectivity index (χ4n) is 2.22. The molecule has 0 radical (unpaired) electrons. The van der Waals surface area contributed by atoms with E-state index in [1.807, 2.05) is 0 Å². The van der Waals surface area contributed by atoms with Crippen LogP contribution in [0.5, 0.6) is 0 Å². The van der Waals surface area contributed by atoms with Crippen LogP contribution in [0.4, 0.5) is 0 Å². The molecule has 0 aromatic heterocycles. The summed E-state index contributed by atoms with van der Waals surface area (Å²) in [5.74, 6) is -0.479. The molecule has 0 aromatic rings. The number of nitrogens with one attached hydrogen (secondary N) is 2. The maximum absolute atomic E-state index is 11.6. The van der Waals surface area contributed by atoms with Crippen molar-refractivity contribution in [3.63, 3.8) is 0 Å². The molecule has 1 fully saturated rings. The van der Waals surface area contributed by atoms with E-state index in [-0.39, 0.29) is 6.04 Å². The summed E-state index contributed by atoms with van der Waals surface area (Å²) in [4.78, 5) is 23.1. The van der Waals surface area contributed by atoms with Crippen LogP contribution in [-0.4, -0.2) is 24.4 Å². The molecule has 2 amide bonds. The van der Waals surface area contributed by atoms with Crippen LogP contribution in [0.3, 0.4) is 0 Å². The summed E-state index contributed by atoms with van der Waals surface area (Å²) in [5.41, 5.74) is 0. The van der Waals surface area contributed by atoms with E-state index in [1.54, 1.807) is 0 Å². The maximum Gasteiger partial charge on any atom is 0.309 e. The molecule has 98 valence electrons. The lowest BCUT2D eigenvalue weighted by molar-refractivity contribution is -0.140. The summed E-state index contributed by atoms with van der Waals surface area (Å²) >= 11 is 0. The molecule has 0 heterocycles. The molecule has 0 aromatic carbocycles. The molecule has 1 aliphatic rings. The number of carbonyl (C=O) groups excluding carboxylic acids is 2. The standard InChI is InChI=1S/C13H24N2O2/c1-3-4-9-14-12(16)13(17)15-11-8-6-5-7-10(11)2/h10-11H,3-9H2,1-2H3,(H,14,16)(H,15,17)/t10-,11-/m1/s1. The summed E-state index contributed by atoms with van der Waals surface area (Å²) in [6.45, 7) is 4.78. The molecule has 0 bridgehead atoms. The zero-order chi connectivity index (χ0) is 12.7. The summed E-state index contributed by atoms with van der Waals surface area (Å²) < 4.78 is 0. The summed E-state index contributed by atoms with van der Waals surface area (Å²) in [5, 5.41) is 5.48. The molecule has 4 nitrogen and oxygen atoms in total. The topological polar surface area (TPSA) is 58.2 Å². The van der Waals surface area contributed by atoms with Crippen LogP contribution in [0, 0.1) is 5.92 Å². The SMILES string of the molecule is CCCCNC(=O)C(=O)N[C@@H]1CCCC[C@H]1C. The second kappa shape index (κ2) is 7.30. The van der Waals surface area contributed by atoms with E-state index in [1.165, 1.54) is 6.42 Å². The Morgan fingerprint density at radius 3 is 2.53 bits per heavy atom. The number of hydrogen-bond donors (Lipinski definition) is 2. The Labute approximate surface area is 104 Å². The normalized spacial score (nSPS) is 24.1. The fourth-order valence-corrected chi connectivity index (χ4v) is 2.22. The van der Waals surface area contributed by atoms with Gasteiger partial charge in [-0.1, -0.05) is 33.1 Å². The molecular formula is C13H24N2O2. The van der Waals surface area contributed by atoms with Crippen LogP contribution in [0.2, 0.25) is 0 Å². The molecule has 0 saturated heterocycles. The lowest BCUT2D eigenvalue weighted by Gasteiger charge is -2.29. The van der Waals surface area contributed by atoms with Crippen LogP contribution in [0.25, 0.3) is 0 Å². The van der Waals surface area contributed by atoms with Crippen molar-refractivity contribution in [3.8, 4) is 0 Å². The predicted molar refractivity (Wildman–Crippen MR) is 67.5 cm³/mol. The van der Waals surface area contributed by atoms with Crippen LogP contribution >= 0.6 is 0 Å². The van der Waals surface area contributed by atoms with E-state index in [4.69, 9.17) is 0 Å². The van der Waals surface area contributed by atoms with Crippen molar-refractivity contribution >= 4 is 11.8 Å². The lowest BCUT2D eigenvalue weighted by atomic mass is 9.86. The van der Waals surface area contributed by atoms with Crippen LogP contribution in [-0.2, 0) is 9.59 Å². The van der Waals surface area contributed by atoms with E-state index in [0.717, 1.165) is 32.1 Å². The minimum atomic E-state index is -0.490. The Hall–Kier alpha value is -1.06. The first-order valence-corrected chi connectivity index (χ1v) is 6.73. The van der Waals surface area contributed by atoms with Crippen molar-refractivity contribution in [2.75, 3.05) is 6.54 Å². The minimum absolute atomic E-state index is 0.174. The first-order chi connectivity index (χ1) is 8.15. The van der Waals surface area contributed by atoms with Gasteiger partial charge in [-0.15, -0.1) is 0 Å². The summed E-state index contributed by atoms with van der Waals surface area (Å²) in [7, 11) is 0. The van der Waals surface area contributed by atoms with E-state index >= 15 is 0 Å². The van der Waals surface area contributed by atoms with Crippen LogP contribution in [0.15, 0.2) is 0 Å². The maximum atomic E-state index is 11.6. The first kappa shape index (κ1) is 14.0. The Morgan fingerprint density at radius 2 is 1.88 bits per heavy atom. The lowest BCUT2D eigenvalue weighted by Crippen LogP contribution is -2.47. The fraction of sp³-hybridized carbons (Fsp3) is 0.846. The quantitative estimate of drug-likeness (QED) is 0.579. The number of hydrogen-bond acceptors (Lipinski definition) is 2. The second-order valence-corrected chi connectivity index (χ2v) is 4.95. The molecule has 4 heteroatoms. The third-order valence-electron chi connectivity index (χ3n) is 3.45. The van der Waals surface area contributed by atoms with Gasteiger partial charge in [0, 0.05) is 12.6 Å². The number of rotatable bonds is 4. The van der Waals surface area contributed by atoms with Gasteiger partial charge in [0.1, 0.15) is 0 Å². The second-order valence-electron chi connectivity index (χ2n) is 4.95. The van der Waals surface area contributed by atoms with Gasteiger partial charge in [0.05, 0.1) is 0 Å². The smallest absolute Gasteiger partial charge is 0.309 e. The summed E-state index contributed by atoms with van der Waals surface area (Å²) in [6, 6.07) is 0.174. The average molecular weight is 240 g/mol. The van der Waals surface area contributed by atoms with Crippen molar-refractivity contribution in [2.24, 2.45) is 5.92 Å². The van der Waals surface area contributed by atoms with Gasteiger partial charge in [-0.05, 0) is 25.2 Å². The monoisotopic (exact) mass is 240 g/mol. The van der Waals surface area contributed by atoms with Gasteiger partial charge in [0.25, 0.3) is 0 Å². The molecule has 1 rings (SSSR count). The highest BCUT2D eigenvalue weighted by molar-refractivity contribution is 6.35. The van der Waals surface area contributed by atoms with Gasteiger partial charge >= 0.3 is 11.8 Å². The Kier molecular flexibility index (Phi) is 6.01. The Morgan fingerprint density at radius 1 is 1.18 bits per heavy atom. The first-order valence-electron chi connectivity index (χ1n) is 6.73. The average Bonchev–Trinajstić information content (AvgIpc) is 2.32. The molecule has 2 atom stereocenters. The third-order valence-corrected chi connectivity index (χ3v) is 3.45. The predicted octanol–water partition coefficient (Wildman–Crippen LogP) is 1.60. The van der Waals surface area contributed by atoms with Gasteiger partial charge in [0.15, 0.2) is 0 Å². The van der Waals surface area contributed by atoms with Crippen LogP contribution < -0.4 is 10.6 Å². The van der Waals surface area contributed by atoms with Crippen molar-refractivity contribution in [2.45, 2.75) is 58.4 Å². The number of unbranched alkanes of at least 4 members (excludes halogenated alkanes) is 1. The van der Waals surface area contributed by atoms with E-state index in [2.05, 4.69) is 24.5 Å². The third kappa shape index (κ3) is 4.75. The zero-order valence-electron chi connectivity index (χ0n) is 10.9. The van der Waals surface area contributed by atoms with Crippen LogP contribution in [0.1, 0.15) is 52.4 Å². The van der Waals surface area contributed by atoms with E-state index in [9.17, 15) is 9.59 Å². The molecule has 0 spiro atoms. The van der Waals surface area contributed by atoms with E-state index in [0.29, 0.717) is 12.5 Å². The van der Waals surface area contributed by atoms with Crippen molar-refractivity contribution < 1.29 is 9.59 Å². The molecule has 2 N–H and O–H groups in total. The number of amides is 2.